The lowest BCUT2D eigenvalue weighted by Crippen LogP contribution is -1.82. The standard InChI is InChI=1S/C8H13/c1-7(2)5-6-8(3)4/h7-8H,1H2,2-4H3. The molecular formula is C8H13. The average molecular weight is 109 g/mol. The Morgan fingerprint density at radius 2 is 1.62 bits per heavy atom. The maximum absolute atomic E-state index is 3.74. The third kappa shape index (κ3) is 5.56. The Morgan fingerprint density at radius 3 is 1.75 bits per heavy atom. The van der Waals surface area contributed by atoms with E-state index in [0.29, 0.717) is 5.92 Å². The third-order valence-corrected chi connectivity index (χ3v) is 0.618. The molecule has 45 valence electrons. The van der Waals surface area contributed by atoms with Crippen molar-refractivity contribution in [3.63, 3.8) is 0 Å². The molecule has 1 unspecified atom stereocenters. The van der Waals surface area contributed by atoms with Crippen molar-refractivity contribution in [1.29, 1.82) is 0 Å². The van der Waals surface area contributed by atoms with Crippen molar-refractivity contribution in [3.05, 3.63) is 6.92 Å². The molecule has 0 aliphatic carbocycles. The zero-order chi connectivity index (χ0) is 6.57. The molecule has 0 saturated carbocycles. The average Bonchev–Trinajstić information content (AvgIpc) is 1.61. The van der Waals surface area contributed by atoms with Crippen LogP contribution in [0.5, 0.6) is 0 Å². The van der Waals surface area contributed by atoms with Crippen molar-refractivity contribution in [2.75, 3.05) is 0 Å². The lowest BCUT2D eigenvalue weighted by Gasteiger charge is -1.89. The molecule has 0 aliphatic heterocycles. The Hall–Kier alpha value is -0.440. The molecule has 0 bridgehead atoms. The van der Waals surface area contributed by atoms with E-state index in [9.17, 15) is 0 Å². The monoisotopic (exact) mass is 109 g/mol. The first kappa shape index (κ1) is 7.56. The molecule has 8 heavy (non-hydrogen) atoms. The molecule has 0 N–H and O–H groups in total. The smallest absolute Gasteiger partial charge is 0.0175 e. The molecule has 0 aliphatic rings. The van der Waals surface area contributed by atoms with Gasteiger partial charge in [-0.05, 0) is 6.92 Å². The molecule has 0 spiro atoms. The molecule has 0 heteroatoms. The van der Waals surface area contributed by atoms with E-state index in [2.05, 4.69) is 32.6 Å². The van der Waals surface area contributed by atoms with Gasteiger partial charge in [0.1, 0.15) is 0 Å². The van der Waals surface area contributed by atoms with Crippen molar-refractivity contribution in [2.45, 2.75) is 20.8 Å². The van der Waals surface area contributed by atoms with Gasteiger partial charge in [0.25, 0.3) is 0 Å². The van der Waals surface area contributed by atoms with Crippen molar-refractivity contribution in [1.82, 2.24) is 0 Å². The molecular weight excluding hydrogens is 96.1 g/mol. The maximum atomic E-state index is 3.74. The van der Waals surface area contributed by atoms with Crippen LogP contribution in [0.15, 0.2) is 0 Å². The van der Waals surface area contributed by atoms with E-state index in [1.807, 2.05) is 6.92 Å². The molecule has 0 amide bonds. The summed E-state index contributed by atoms with van der Waals surface area (Å²) in [5, 5.41) is 0. The van der Waals surface area contributed by atoms with Crippen LogP contribution in [0.2, 0.25) is 0 Å². The van der Waals surface area contributed by atoms with Gasteiger partial charge >= 0.3 is 0 Å². The van der Waals surface area contributed by atoms with E-state index in [1.54, 1.807) is 0 Å². The topological polar surface area (TPSA) is 0 Å². The van der Waals surface area contributed by atoms with Gasteiger partial charge in [-0.25, -0.2) is 0 Å². The zero-order valence-electron chi connectivity index (χ0n) is 5.86. The van der Waals surface area contributed by atoms with Crippen LogP contribution in [0.25, 0.3) is 0 Å². The lowest BCUT2D eigenvalue weighted by atomic mass is 10.2. The first-order chi connectivity index (χ1) is 3.63. The van der Waals surface area contributed by atoms with Crippen molar-refractivity contribution in [3.8, 4) is 11.8 Å². The summed E-state index contributed by atoms with van der Waals surface area (Å²) in [5.41, 5.74) is 0. The summed E-state index contributed by atoms with van der Waals surface area (Å²) in [5.74, 6) is 6.78. The fourth-order valence-electron chi connectivity index (χ4n) is 0.309. The predicted octanol–water partition coefficient (Wildman–Crippen LogP) is 2.12. The fourth-order valence-corrected chi connectivity index (χ4v) is 0.309. The van der Waals surface area contributed by atoms with Crippen LogP contribution in [0, 0.1) is 30.6 Å². The second-order valence-electron chi connectivity index (χ2n) is 2.34. The number of hydrogen-bond acceptors (Lipinski definition) is 0. The quantitative estimate of drug-likeness (QED) is 0.418. The molecule has 0 nitrogen and oxygen atoms in total. The summed E-state index contributed by atoms with van der Waals surface area (Å²) in [6, 6.07) is 0. The van der Waals surface area contributed by atoms with E-state index in [4.69, 9.17) is 0 Å². The molecule has 0 aromatic heterocycles. The number of hydrogen-bond donors (Lipinski definition) is 0. The van der Waals surface area contributed by atoms with Gasteiger partial charge in [0.15, 0.2) is 0 Å². The van der Waals surface area contributed by atoms with Crippen molar-refractivity contribution in [2.24, 2.45) is 11.8 Å². The molecule has 0 aromatic rings. The van der Waals surface area contributed by atoms with Crippen LogP contribution in [0.3, 0.4) is 0 Å². The first-order valence-electron chi connectivity index (χ1n) is 2.97. The molecule has 0 fully saturated rings. The van der Waals surface area contributed by atoms with E-state index in [0.717, 1.165) is 0 Å². The number of rotatable bonds is 0. The first-order valence-corrected chi connectivity index (χ1v) is 2.97. The van der Waals surface area contributed by atoms with Gasteiger partial charge in [-0.3, -0.25) is 0 Å². The van der Waals surface area contributed by atoms with Crippen LogP contribution >= 0.6 is 0 Å². The Labute approximate surface area is 52.3 Å². The van der Waals surface area contributed by atoms with E-state index in [-0.39, 0.29) is 5.92 Å². The Kier molecular flexibility index (Phi) is 3.35. The van der Waals surface area contributed by atoms with E-state index >= 15 is 0 Å². The molecule has 0 rings (SSSR count). The second-order valence-corrected chi connectivity index (χ2v) is 2.34. The molecule has 1 atom stereocenters. The molecule has 0 heterocycles. The SMILES string of the molecule is [CH2]C(C)C#CC(C)C. The predicted molar refractivity (Wildman–Crippen MR) is 37.1 cm³/mol. The molecule has 0 aromatic carbocycles. The van der Waals surface area contributed by atoms with Gasteiger partial charge in [0, 0.05) is 11.8 Å². The highest BCUT2D eigenvalue weighted by atomic mass is 13.9. The fraction of sp³-hybridized carbons (Fsp3) is 0.625. The Balaban J connectivity index is 3.50. The summed E-state index contributed by atoms with van der Waals surface area (Å²) < 4.78 is 0. The van der Waals surface area contributed by atoms with Crippen LogP contribution in [0.1, 0.15) is 20.8 Å². The van der Waals surface area contributed by atoms with Crippen LogP contribution in [-0.2, 0) is 0 Å². The third-order valence-electron chi connectivity index (χ3n) is 0.618. The second kappa shape index (κ2) is 3.55. The minimum Gasteiger partial charge on any atom is -0.100 e. The summed E-state index contributed by atoms with van der Waals surface area (Å²) in [7, 11) is 0. The van der Waals surface area contributed by atoms with E-state index in [1.165, 1.54) is 0 Å². The maximum Gasteiger partial charge on any atom is 0.0175 e. The van der Waals surface area contributed by atoms with Gasteiger partial charge in [-0.1, -0.05) is 26.7 Å². The summed E-state index contributed by atoms with van der Waals surface area (Å²) in [4.78, 5) is 0. The highest BCUT2D eigenvalue weighted by molar-refractivity contribution is 5.04. The summed E-state index contributed by atoms with van der Waals surface area (Å²) in [6.45, 7) is 9.89. The van der Waals surface area contributed by atoms with Crippen molar-refractivity contribution >= 4 is 0 Å². The Bertz CT molecular complexity index is 86.9. The van der Waals surface area contributed by atoms with Gasteiger partial charge in [0.05, 0.1) is 0 Å². The highest BCUT2D eigenvalue weighted by Crippen LogP contribution is 1.90. The zero-order valence-corrected chi connectivity index (χ0v) is 5.86. The lowest BCUT2D eigenvalue weighted by molar-refractivity contribution is 0.857. The van der Waals surface area contributed by atoms with Crippen LogP contribution < -0.4 is 0 Å². The molecule has 1 radical (unpaired) electrons. The minimum absolute atomic E-state index is 0.275. The van der Waals surface area contributed by atoms with Gasteiger partial charge in [-0.2, -0.15) is 0 Å². The summed E-state index contributed by atoms with van der Waals surface area (Å²) in [6.07, 6.45) is 0. The van der Waals surface area contributed by atoms with Crippen LogP contribution in [0.4, 0.5) is 0 Å². The minimum atomic E-state index is 0.275. The summed E-state index contributed by atoms with van der Waals surface area (Å²) >= 11 is 0. The normalized spacial score (nSPS) is 9.25. The largest absolute Gasteiger partial charge is 0.100 e. The van der Waals surface area contributed by atoms with Gasteiger partial charge in [0.2, 0.25) is 0 Å². The highest BCUT2D eigenvalue weighted by Gasteiger charge is 1.83. The Morgan fingerprint density at radius 1 is 1.12 bits per heavy atom. The molecule has 0 saturated heterocycles. The van der Waals surface area contributed by atoms with Crippen LogP contribution in [-0.4, -0.2) is 0 Å². The van der Waals surface area contributed by atoms with Gasteiger partial charge < -0.3 is 0 Å². The van der Waals surface area contributed by atoms with E-state index < -0.39 is 0 Å². The van der Waals surface area contributed by atoms with Crippen molar-refractivity contribution < 1.29 is 0 Å². The van der Waals surface area contributed by atoms with Gasteiger partial charge in [-0.15, -0.1) is 5.92 Å².